The highest BCUT2D eigenvalue weighted by Crippen LogP contribution is 2.35. The number of amides is 1. The topological polar surface area (TPSA) is 116 Å². The Kier molecular flexibility index (Phi) is 6.37. The highest BCUT2D eigenvalue weighted by Gasteiger charge is 2.34. The summed E-state index contributed by atoms with van der Waals surface area (Å²) in [6, 6.07) is 2.88. The van der Waals surface area contributed by atoms with Gasteiger partial charge < -0.3 is 24.4 Å². The Morgan fingerprint density at radius 1 is 1.28 bits per heavy atom. The third-order valence-electron chi connectivity index (χ3n) is 6.12. The Hall–Kier alpha value is -3.54. The van der Waals surface area contributed by atoms with Crippen molar-refractivity contribution in [3.05, 3.63) is 30.2 Å². The second-order valence-corrected chi connectivity index (χ2v) is 9.91. The van der Waals surface area contributed by atoms with Crippen molar-refractivity contribution in [2.24, 2.45) is 0 Å². The van der Waals surface area contributed by atoms with Crippen molar-refractivity contribution >= 4 is 17.7 Å². The number of carbonyl (C=O) groups is 1. The van der Waals surface area contributed by atoms with Crippen LogP contribution < -0.4 is 10.1 Å². The van der Waals surface area contributed by atoms with Crippen molar-refractivity contribution in [3.8, 4) is 17.1 Å². The third-order valence-corrected chi connectivity index (χ3v) is 6.12. The van der Waals surface area contributed by atoms with Gasteiger partial charge in [0.1, 0.15) is 35.0 Å². The minimum absolute atomic E-state index is 0.122. The summed E-state index contributed by atoms with van der Waals surface area (Å²) in [4.78, 5) is 27.3. The van der Waals surface area contributed by atoms with Gasteiger partial charge in [0, 0.05) is 31.8 Å². The number of halogens is 1. The summed E-state index contributed by atoms with van der Waals surface area (Å²) in [6.45, 7) is 6.53. The van der Waals surface area contributed by atoms with Gasteiger partial charge in [0.05, 0.1) is 31.6 Å². The van der Waals surface area contributed by atoms with E-state index in [1.165, 1.54) is 4.90 Å². The van der Waals surface area contributed by atoms with Crippen LogP contribution in [0, 0.1) is 0 Å². The van der Waals surface area contributed by atoms with Crippen molar-refractivity contribution in [2.75, 3.05) is 32.1 Å². The van der Waals surface area contributed by atoms with Crippen LogP contribution in [0.1, 0.15) is 45.4 Å². The van der Waals surface area contributed by atoms with Gasteiger partial charge in [-0.25, -0.2) is 28.7 Å². The van der Waals surface area contributed by atoms with Crippen LogP contribution in [0.4, 0.5) is 15.1 Å². The molecular weight excluding hydrogens is 469 g/mol. The molecule has 2 saturated heterocycles. The van der Waals surface area contributed by atoms with E-state index in [9.17, 15) is 9.18 Å². The molecule has 0 spiro atoms. The van der Waals surface area contributed by atoms with Crippen LogP contribution in [-0.4, -0.2) is 80.2 Å². The second kappa shape index (κ2) is 9.49. The molecule has 2 aliphatic rings. The minimum Gasteiger partial charge on any atom is -0.495 e. The fraction of sp³-hybridized carbons (Fsp3) is 0.542. The van der Waals surface area contributed by atoms with Crippen molar-refractivity contribution < 1.29 is 23.4 Å². The largest absolute Gasteiger partial charge is 0.495 e. The molecule has 1 unspecified atom stereocenters. The molecule has 3 aromatic heterocycles. The van der Waals surface area contributed by atoms with Gasteiger partial charge in [-0.3, -0.25) is 0 Å². The predicted molar refractivity (Wildman–Crippen MR) is 129 cm³/mol. The Bertz CT molecular complexity index is 1260. The first kappa shape index (κ1) is 24.2. The number of nitrogens with zero attached hydrogens (tertiary/aromatic N) is 6. The Morgan fingerprint density at radius 3 is 2.78 bits per heavy atom. The van der Waals surface area contributed by atoms with Gasteiger partial charge in [-0.1, -0.05) is 0 Å². The summed E-state index contributed by atoms with van der Waals surface area (Å²) in [6.07, 6.45) is 2.57. The van der Waals surface area contributed by atoms with Gasteiger partial charge >= 0.3 is 6.09 Å². The molecule has 2 aliphatic heterocycles. The molecule has 2 fully saturated rings. The average Bonchev–Trinajstić information content (AvgIpc) is 3.21. The summed E-state index contributed by atoms with van der Waals surface area (Å²) in [5.41, 5.74) is 1.89. The van der Waals surface area contributed by atoms with E-state index in [0.717, 1.165) is 6.42 Å². The van der Waals surface area contributed by atoms with Crippen LogP contribution in [0.2, 0.25) is 0 Å². The van der Waals surface area contributed by atoms with Crippen LogP contribution in [0.25, 0.3) is 17.0 Å². The maximum Gasteiger partial charge on any atom is 0.410 e. The summed E-state index contributed by atoms with van der Waals surface area (Å²) < 4.78 is 33.0. The average molecular weight is 500 g/mol. The summed E-state index contributed by atoms with van der Waals surface area (Å²) in [7, 11) is 1.59. The molecule has 1 N–H and O–H groups in total. The van der Waals surface area contributed by atoms with Gasteiger partial charge in [0.2, 0.25) is 5.95 Å². The second-order valence-electron chi connectivity index (χ2n) is 9.91. The molecule has 0 saturated carbocycles. The highest BCUT2D eigenvalue weighted by molar-refractivity contribution is 5.68. The molecule has 0 radical (unpaired) electrons. The summed E-state index contributed by atoms with van der Waals surface area (Å²) in [5.74, 6) is 0.868. The highest BCUT2D eigenvalue weighted by atomic mass is 19.1. The van der Waals surface area contributed by atoms with Crippen molar-refractivity contribution in [2.45, 2.75) is 57.5 Å². The predicted octanol–water partition coefficient (Wildman–Crippen LogP) is 3.42. The molecule has 3 aromatic rings. The zero-order valence-electron chi connectivity index (χ0n) is 20.8. The fourth-order valence-corrected chi connectivity index (χ4v) is 4.21. The lowest BCUT2D eigenvalue weighted by Gasteiger charge is -2.36. The number of nitrogens with one attached hydrogen (secondary N) is 1. The van der Waals surface area contributed by atoms with Crippen LogP contribution in [0.5, 0.6) is 5.75 Å². The number of alkyl halides is 1. The fourth-order valence-electron chi connectivity index (χ4n) is 4.21. The monoisotopic (exact) mass is 499 g/mol. The molecule has 3 atom stereocenters. The van der Waals surface area contributed by atoms with E-state index in [2.05, 4.69) is 20.3 Å². The van der Waals surface area contributed by atoms with Gasteiger partial charge in [-0.15, -0.1) is 0 Å². The van der Waals surface area contributed by atoms with Crippen LogP contribution in [0.15, 0.2) is 24.5 Å². The van der Waals surface area contributed by atoms with E-state index < -0.39 is 23.9 Å². The van der Waals surface area contributed by atoms with Crippen molar-refractivity contribution in [1.29, 1.82) is 0 Å². The molecule has 1 amide bonds. The number of carbonyl (C=O) groups excluding carboxylic acids is 1. The van der Waals surface area contributed by atoms with E-state index in [1.807, 2.05) is 6.07 Å². The number of methoxy groups -OCH3 is 1. The SMILES string of the molecule is COc1cc2ncc(-c3ccnc(N[C@H]4CN(C(=O)OC(C)(C)C)CC[C@@H]4F)n3)n2nc1C1CCO1. The smallest absolute Gasteiger partial charge is 0.410 e. The number of rotatable bonds is 5. The molecule has 36 heavy (non-hydrogen) atoms. The molecule has 5 heterocycles. The Balaban J connectivity index is 1.37. The maximum atomic E-state index is 14.8. The standard InChI is InChI=1S/C24H30FN7O4/c1-24(2,3)36-23(33)31-9-6-14(25)16(13-31)29-22-26-8-5-15(28-22)17-12-27-20-11-19(34-4)21(30-32(17)20)18-7-10-35-18/h5,8,11-12,14,16,18H,6-7,9-10,13H2,1-4H3,(H,26,28,29)/t14-,16-,18?/m0/s1. The quantitative estimate of drug-likeness (QED) is 0.564. The molecule has 12 heteroatoms. The van der Waals surface area contributed by atoms with Crippen LogP contribution >= 0.6 is 0 Å². The normalized spacial score (nSPS) is 22.2. The zero-order valence-corrected chi connectivity index (χ0v) is 20.8. The molecule has 11 nitrogen and oxygen atoms in total. The lowest BCUT2D eigenvalue weighted by atomic mass is 10.0. The Labute approximate surface area is 208 Å². The molecular formula is C24H30FN7O4. The van der Waals surface area contributed by atoms with E-state index in [0.29, 0.717) is 41.6 Å². The molecule has 0 aromatic carbocycles. The first-order valence-electron chi connectivity index (χ1n) is 12.0. The number of hydrogen-bond acceptors (Lipinski definition) is 9. The molecule has 192 valence electrons. The summed E-state index contributed by atoms with van der Waals surface area (Å²) in [5, 5.41) is 7.78. The van der Waals surface area contributed by atoms with Crippen molar-refractivity contribution in [3.63, 3.8) is 0 Å². The first-order chi connectivity index (χ1) is 17.2. The lowest BCUT2D eigenvalue weighted by Crippen LogP contribution is -2.52. The number of hydrogen-bond donors (Lipinski definition) is 1. The zero-order chi connectivity index (χ0) is 25.4. The van der Waals surface area contributed by atoms with E-state index >= 15 is 0 Å². The number of imidazole rings is 1. The number of aromatic nitrogens is 5. The van der Waals surface area contributed by atoms with Crippen molar-refractivity contribution in [1.82, 2.24) is 29.5 Å². The number of anilines is 1. The third kappa shape index (κ3) is 4.90. The number of fused-ring (bicyclic) bond motifs is 1. The van der Waals surface area contributed by atoms with Gasteiger partial charge in [-0.05, 0) is 33.3 Å². The summed E-state index contributed by atoms with van der Waals surface area (Å²) >= 11 is 0. The first-order valence-corrected chi connectivity index (χ1v) is 12.0. The molecule has 0 aliphatic carbocycles. The van der Waals surface area contributed by atoms with Gasteiger partial charge in [0.15, 0.2) is 5.65 Å². The number of likely N-dealkylation sites (tertiary alicyclic amines) is 1. The van der Waals surface area contributed by atoms with E-state index in [4.69, 9.17) is 19.3 Å². The lowest BCUT2D eigenvalue weighted by molar-refractivity contribution is -0.0569. The minimum atomic E-state index is -1.16. The molecule has 0 bridgehead atoms. The van der Waals surface area contributed by atoms with Gasteiger partial charge in [0.25, 0.3) is 0 Å². The van der Waals surface area contributed by atoms with Crippen LogP contribution in [-0.2, 0) is 9.47 Å². The molecule has 5 rings (SSSR count). The number of ether oxygens (including phenoxy) is 3. The van der Waals surface area contributed by atoms with E-state index in [-0.39, 0.29) is 25.0 Å². The van der Waals surface area contributed by atoms with Gasteiger partial charge in [-0.2, -0.15) is 5.10 Å². The maximum absolute atomic E-state index is 14.8. The van der Waals surface area contributed by atoms with Crippen LogP contribution in [0.3, 0.4) is 0 Å². The van der Waals surface area contributed by atoms with E-state index in [1.54, 1.807) is 50.9 Å². The number of piperidine rings is 1. The Morgan fingerprint density at radius 2 is 2.08 bits per heavy atom.